The molecule has 1 saturated heterocycles. The number of piperidine rings is 1. The SMILES string of the molecule is O=C(NCC(=O)N1CCC2CCCCC2C1)c1ccc(S(=O)(=O)Nc2ccccc2Oc2ccccc2)cc1. The zero-order valence-electron chi connectivity index (χ0n) is 21.7. The lowest BCUT2D eigenvalue weighted by molar-refractivity contribution is -0.133. The lowest BCUT2D eigenvalue weighted by Gasteiger charge is -2.41. The summed E-state index contributed by atoms with van der Waals surface area (Å²) in [5, 5.41) is 2.68. The summed E-state index contributed by atoms with van der Waals surface area (Å²) in [5.41, 5.74) is 0.569. The number of benzene rings is 3. The molecule has 2 fully saturated rings. The van der Waals surface area contributed by atoms with Gasteiger partial charge in [0, 0.05) is 18.7 Å². The monoisotopic (exact) mass is 547 g/mol. The van der Waals surface area contributed by atoms with Crippen molar-refractivity contribution >= 4 is 27.5 Å². The molecule has 3 aromatic rings. The molecule has 8 nitrogen and oxygen atoms in total. The Morgan fingerprint density at radius 3 is 2.31 bits per heavy atom. The minimum Gasteiger partial charge on any atom is -0.455 e. The number of nitrogens with zero attached hydrogens (tertiary/aromatic N) is 1. The highest BCUT2D eigenvalue weighted by Crippen LogP contribution is 2.36. The van der Waals surface area contributed by atoms with Crippen molar-refractivity contribution in [2.24, 2.45) is 11.8 Å². The second-order valence-corrected chi connectivity index (χ2v) is 11.8. The van der Waals surface area contributed by atoms with Crippen LogP contribution in [0.1, 0.15) is 42.5 Å². The molecule has 2 atom stereocenters. The Balaban J connectivity index is 1.18. The number of fused-ring (bicyclic) bond motifs is 1. The van der Waals surface area contributed by atoms with E-state index < -0.39 is 15.9 Å². The zero-order chi connectivity index (χ0) is 27.2. The molecule has 2 N–H and O–H groups in total. The Kier molecular flexibility index (Phi) is 8.16. The first-order valence-corrected chi connectivity index (χ1v) is 14.9. The Bertz CT molecular complexity index is 1410. The van der Waals surface area contributed by atoms with Gasteiger partial charge in [0.15, 0.2) is 5.75 Å². The van der Waals surface area contributed by atoms with Gasteiger partial charge in [-0.25, -0.2) is 8.42 Å². The molecule has 1 heterocycles. The van der Waals surface area contributed by atoms with Crippen LogP contribution in [0.15, 0.2) is 83.8 Å². The second-order valence-electron chi connectivity index (χ2n) is 10.2. The van der Waals surface area contributed by atoms with Crippen LogP contribution in [-0.2, 0) is 14.8 Å². The van der Waals surface area contributed by atoms with Crippen molar-refractivity contribution in [3.63, 3.8) is 0 Å². The van der Waals surface area contributed by atoms with Gasteiger partial charge in [0.2, 0.25) is 5.91 Å². The highest BCUT2D eigenvalue weighted by atomic mass is 32.2. The van der Waals surface area contributed by atoms with Crippen molar-refractivity contribution in [3.8, 4) is 11.5 Å². The van der Waals surface area contributed by atoms with E-state index in [1.165, 1.54) is 49.9 Å². The predicted octanol–water partition coefficient (Wildman–Crippen LogP) is 5.05. The second kappa shape index (κ2) is 11.9. The van der Waals surface area contributed by atoms with Gasteiger partial charge in [-0.2, -0.15) is 0 Å². The molecule has 0 bridgehead atoms. The fraction of sp³-hybridized carbons (Fsp3) is 0.333. The summed E-state index contributed by atoms with van der Waals surface area (Å²) in [6.07, 6.45) is 6.00. The first kappa shape index (κ1) is 26.7. The van der Waals surface area contributed by atoms with Gasteiger partial charge in [0.25, 0.3) is 15.9 Å². The van der Waals surface area contributed by atoms with E-state index in [0.29, 0.717) is 23.1 Å². The number of hydrogen-bond acceptors (Lipinski definition) is 5. The average molecular weight is 548 g/mol. The van der Waals surface area contributed by atoms with Gasteiger partial charge in [-0.05, 0) is 73.2 Å². The Morgan fingerprint density at radius 2 is 1.54 bits per heavy atom. The number of carbonyl (C=O) groups excluding carboxylic acids is 2. The van der Waals surface area contributed by atoms with Crippen LogP contribution < -0.4 is 14.8 Å². The number of sulfonamides is 1. The third kappa shape index (κ3) is 6.60. The number of carbonyl (C=O) groups is 2. The van der Waals surface area contributed by atoms with Gasteiger partial charge >= 0.3 is 0 Å². The normalized spacial score (nSPS) is 19.0. The van der Waals surface area contributed by atoms with Crippen LogP contribution >= 0.6 is 0 Å². The number of nitrogens with one attached hydrogen (secondary N) is 2. The molecule has 0 spiro atoms. The van der Waals surface area contributed by atoms with Crippen LogP contribution in [0.3, 0.4) is 0 Å². The minimum atomic E-state index is -3.94. The summed E-state index contributed by atoms with van der Waals surface area (Å²) in [6, 6.07) is 21.5. The van der Waals surface area contributed by atoms with Crippen LogP contribution in [0.5, 0.6) is 11.5 Å². The summed E-state index contributed by atoms with van der Waals surface area (Å²) in [4.78, 5) is 27.3. The van der Waals surface area contributed by atoms with Gasteiger partial charge in [0.05, 0.1) is 17.1 Å². The highest BCUT2D eigenvalue weighted by Gasteiger charge is 2.32. The van der Waals surface area contributed by atoms with Crippen molar-refractivity contribution in [2.45, 2.75) is 37.0 Å². The maximum atomic E-state index is 13.1. The van der Waals surface area contributed by atoms with E-state index in [9.17, 15) is 18.0 Å². The van der Waals surface area contributed by atoms with E-state index in [4.69, 9.17) is 4.74 Å². The fourth-order valence-corrected chi connectivity index (χ4v) is 6.51. The van der Waals surface area contributed by atoms with Crippen molar-refractivity contribution in [1.82, 2.24) is 10.2 Å². The summed E-state index contributed by atoms with van der Waals surface area (Å²) in [7, 11) is -3.94. The van der Waals surface area contributed by atoms with Crippen LogP contribution in [-0.4, -0.2) is 44.8 Å². The van der Waals surface area contributed by atoms with Crippen LogP contribution in [0.2, 0.25) is 0 Å². The first-order valence-electron chi connectivity index (χ1n) is 13.4. The molecule has 2 aliphatic rings. The maximum absolute atomic E-state index is 13.1. The standard InChI is InChI=1S/C30H33N3O5S/c34-29(33-19-18-22-8-4-5-9-24(22)21-33)20-31-30(35)23-14-16-26(17-15-23)39(36,37)32-27-12-6-7-13-28(27)38-25-10-2-1-3-11-25/h1-3,6-7,10-17,22,24,32H,4-5,8-9,18-21H2,(H,31,35). The van der Waals surface area contributed by atoms with Crippen molar-refractivity contribution < 1.29 is 22.7 Å². The third-order valence-corrected chi connectivity index (χ3v) is 8.95. The van der Waals surface area contributed by atoms with Crippen LogP contribution in [0.25, 0.3) is 0 Å². The molecule has 9 heteroatoms. The first-order chi connectivity index (χ1) is 18.9. The number of amides is 2. The number of rotatable bonds is 8. The summed E-state index contributed by atoms with van der Waals surface area (Å²) in [6.45, 7) is 1.45. The molecule has 1 aliphatic heterocycles. The molecule has 3 aromatic carbocycles. The van der Waals surface area contributed by atoms with Gasteiger partial charge < -0.3 is 15.0 Å². The molecule has 2 unspecified atom stereocenters. The van der Waals surface area contributed by atoms with Crippen LogP contribution in [0.4, 0.5) is 5.69 Å². The number of likely N-dealkylation sites (tertiary alicyclic amines) is 1. The lowest BCUT2D eigenvalue weighted by atomic mass is 9.75. The molecule has 0 aromatic heterocycles. The Morgan fingerprint density at radius 1 is 0.846 bits per heavy atom. The summed E-state index contributed by atoms with van der Waals surface area (Å²) in [5.74, 6) is 1.75. The minimum absolute atomic E-state index is 0.00000607. The van der Waals surface area contributed by atoms with Crippen molar-refractivity contribution in [2.75, 3.05) is 24.4 Å². The molecule has 39 heavy (non-hydrogen) atoms. The number of hydrogen-bond donors (Lipinski definition) is 2. The molecule has 204 valence electrons. The number of ether oxygens (including phenoxy) is 1. The third-order valence-electron chi connectivity index (χ3n) is 7.57. The Hall–Kier alpha value is -3.85. The van der Waals surface area contributed by atoms with E-state index in [1.54, 1.807) is 36.4 Å². The van der Waals surface area contributed by atoms with Crippen molar-refractivity contribution in [1.29, 1.82) is 0 Å². The van der Waals surface area contributed by atoms with Crippen LogP contribution in [0, 0.1) is 11.8 Å². The van der Waals surface area contributed by atoms with Crippen molar-refractivity contribution in [3.05, 3.63) is 84.4 Å². The quantitative estimate of drug-likeness (QED) is 0.411. The highest BCUT2D eigenvalue weighted by molar-refractivity contribution is 7.92. The fourth-order valence-electron chi connectivity index (χ4n) is 5.44. The molecular formula is C30H33N3O5S. The van der Waals surface area contributed by atoms with Gasteiger partial charge in [0.1, 0.15) is 5.75 Å². The topological polar surface area (TPSA) is 105 Å². The largest absolute Gasteiger partial charge is 0.455 e. The molecule has 1 saturated carbocycles. The van der Waals surface area contributed by atoms with E-state index >= 15 is 0 Å². The maximum Gasteiger partial charge on any atom is 0.262 e. The molecule has 0 radical (unpaired) electrons. The average Bonchev–Trinajstić information content (AvgIpc) is 2.97. The van der Waals surface area contributed by atoms with Gasteiger partial charge in [-0.1, -0.05) is 49.6 Å². The molecular weight excluding hydrogens is 514 g/mol. The lowest BCUT2D eigenvalue weighted by Crippen LogP contribution is -2.48. The van der Waals surface area contributed by atoms with E-state index in [1.807, 2.05) is 23.1 Å². The molecule has 5 rings (SSSR count). The van der Waals surface area contributed by atoms with E-state index in [-0.39, 0.29) is 22.9 Å². The summed E-state index contributed by atoms with van der Waals surface area (Å²) < 4.78 is 34.5. The number of para-hydroxylation sites is 3. The van der Waals surface area contributed by atoms with Gasteiger partial charge in [-0.15, -0.1) is 0 Å². The molecule has 2 amide bonds. The summed E-state index contributed by atoms with van der Waals surface area (Å²) >= 11 is 0. The zero-order valence-corrected chi connectivity index (χ0v) is 22.5. The molecule has 1 aliphatic carbocycles. The van der Waals surface area contributed by atoms with E-state index in [0.717, 1.165) is 25.4 Å². The predicted molar refractivity (Wildman–Crippen MR) is 149 cm³/mol. The van der Waals surface area contributed by atoms with Gasteiger partial charge in [-0.3, -0.25) is 14.3 Å². The Labute approximate surface area is 229 Å². The van der Waals surface area contributed by atoms with E-state index in [2.05, 4.69) is 10.0 Å². The number of anilines is 1. The smallest absolute Gasteiger partial charge is 0.262 e.